The van der Waals surface area contributed by atoms with Gasteiger partial charge in [0.1, 0.15) is 0 Å². The van der Waals surface area contributed by atoms with Crippen LogP contribution in [-0.4, -0.2) is 39.5 Å². The maximum absolute atomic E-state index is 13.2. The minimum absolute atomic E-state index is 0.0509. The van der Waals surface area contributed by atoms with Crippen LogP contribution in [0.15, 0.2) is 88.7 Å². The highest BCUT2D eigenvalue weighted by molar-refractivity contribution is 7.92. The number of hydrogen-bond acceptors (Lipinski definition) is 4. The molecule has 1 aliphatic heterocycles. The van der Waals surface area contributed by atoms with Crippen molar-refractivity contribution in [2.75, 3.05) is 13.1 Å². The summed E-state index contributed by atoms with van der Waals surface area (Å²) >= 11 is 5.93. The first-order chi connectivity index (χ1) is 14.3. The van der Waals surface area contributed by atoms with E-state index in [1.165, 1.54) is 10.4 Å². The van der Waals surface area contributed by atoms with Gasteiger partial charge in [0.05, 0.1) is 15.0 Å². The monoisotopic (exact) mass is 461 g/mol. The average Bonchev–Trinajstić information content (AvgIpc) is 3.27. The molecule has 0 amide bonds. The summed E-state index contributed by atoms with van der Waals surface area (Å²) in [5, 5.41) is -0.153. The van der Waals surface area contributed by atoms with E-state index in [2.05, 4.69) is 0 Å². The number of sulfone groups is 1. The minimum atomic E-state index is -3.81. The summed E-state index contributed by atoms with van der Waals surface area (Å²) in [6.07, 6.45) is 0.271. The van der Waals surface area contributed by atoms with Crippen LogP contribution in [-0.2, 0) is 19.9 Å². The molecule has 5 nitrogen and oxygen atoms in total. The fourth-order valence-corrected chi connectivity index (χ4v) is 7.08. The van der Waals surface area contributed by atoms with Crippen molar-refractivity contribution in [2.45, 2.75) is 21.5 Å². The van der Waals surface area contributed by atoms with E-state index in [9.17, 15) is 16.8 Å². The van der Waals surface area contributed by atoms with Gasteiger partial charge in [-0.15, -0.1) is 0 Å². The predicted molar refractivity (Wildman–Crippen MR) is 118 cm³/mol. The Hall–Kier alpha value is -2.19. The lowest BCUT2D eigenvalue weighted by Crippen LogP contribution is -2.32. The van der Waals surface area contributed by atoms with Gasteiger partial charge in [0.15, 0.2) is 9.84 Å². The Kier molecular flexibility index (Phi) is 5.72. The molecule has 156 valence electrons. The molecule has 0 aliphatic carbocycles. The highest BCUT2D eigenvalue weighted by Crippen LogP contribution is 2.30. The first-order valence-electron chi connectivity index (χ1n) is 9.43. The number of halogens is 1. The van der Waals surface area contributed by atoms with Gasteiger partial charge in [-0.05, 0) is 53.9 Å². The molecule has 3 aromatic carbocycles. The Morgan fingerprint density at radius 3 is 2.13 bits per heavy atom. The van der Waals surface area contributed by atoms with Crippen LogP contribution in [0.3, 0.4) is 0 Å². The molecule has 0 radical (unpaired) electrons. The summed E-state index contributed by atoms with van der Waals surface area (Å²) in [7, 11) is -7.40. The lowest BCUT2D eigenvalue weighted by atomic mass is 10.1. The fraction of sp³-hybridized carbons (Fsp3) is 0.182. The number of hydrogen-bond donors (Lipinski definition) is 0. The zero-order chi connectivity index (χ0) is 21.4. The van der Waals surface area contributed by atoms with E-state index >= 15 is 0 Å². The number of rotatable bonds is 5. The largest absolute Gasteiger partial charge is 0.243 e. The zero-order valence-corrected chi connectivity index (χ0v) is 18.4. The topological polar surface area (TPSA) is 71.5 Å². The molecule has 1 heterocycles. The van der Waals surface area contributed by atoms with Crippen LogP contribution >= 0.6 is 11.6 Å². The first kappa shape index (κ1) is 21.1. The third-order valence-corrected chi connectivity index (χ3v) is 9.57. The molecule has 3 aromatic rings. The molecule has 0 aromatic heterocycles. The second kappa shape index (κ2) is 8.15. The predicted octanol–water partition coefficient (Wildman–Crippen LogP) is 4.24. The molecule has 30 heavy (non-hydrogen) atoms. The van der Waals surface area contributed by atoms with Crippen molar-refractivity contribution in [1.29, 1.82) is 0 Å². The summed E-state index contributed by atoms with van der Waals surface area (Å²) in [5.41, 5.74) is 1.60. The SMILES string of the molecule is O=S(=O)(c1ccccc1)C1CCN(S(=O)(=O)c2cccc(-c3ccc(Cl)cc3)c2)C1. The fourth-order valence-electron chi connectivity index (χ4n) is 3.60. The summed E-state index contributed by atoms with van der Waals surface area (Å²) in [6.45, 7) is 0.120. The average molecular weight is 462 g/mol. The van der Waals surface area contributed by atoms with Crippen LogP contribution in [0.2, 0.25) is 5.02 Å². The van der Waals surface area contributed by atoms with E-state index < -0.39 is 25.1 Å². The molecule has 1 fully saturated rings. The smallest absolute Gasteiger partial charge is 0.223 e. The standard InChI is InChI=1S/C22H20ClNO4S2/c23-19-11-9-17(10-12-19)18-5-4-8-21(15-18)30(27,28)24-14-13-22(16-24)29(25,26)20-6-2-1-3-7-20/h1-12,15,22H,13-14,16H2. The van der Waals surface area contributed by atoms with Crippen molar-refractivity contribution < 1.29 is 16.8 Å². The van der Waals surface area contributed by atoms with Crippen LogP contribution < -0.4 is 0 Å². The third-order valence-electron chi connectivity index (χ3n) is 5.27. The van der Waals surface area contributed by atoms with Gasteiger partial charge in [0.25, 0.3) is 0 Å². The molecular formula is C22H20ClNO4S2. The molecule has 0 bridgehead atoms. The van der Waals surface area contributed by atoms with E-state index in [1.807, 2.05) is 18.2 Å². The summed E-state index contributed by atoms with van der Waals surface area (Å²) < 4.78 is 53.4. The number of benzene rings is 3. The van der Waals surface area contributed by atoms with Crippen molar-refractivity contribution in [2.24, 2.45) is 0 Å². The van der Waals surface area contributed by atoms with E-state index in [-0.39, 0.29) is 29.3 Å². The van der Waals surface area contributed by atoms with Gasteiger partial charge in [0, 0.05) is 18.1 Å². The Labute approximate surface area is 181 Å². The second-order valence-corrected chi connectivity index (χ2v) is 11.8. The summed E-state index contributed by atoms with van der Waals surface area (Å²) in [5.74, 6) is 0. The van der Waals surface area contributed by atoms with Crippen molar-refractivity contribution in [3.05, 3.63) is 83.9 Å². The molecule has 4 rings (SSSR count). The second-order valence-electron chi connectivity index (χ2n) is 7.17. The summed E-state index contributed by atoms with van der Waals surface area (Å²) in [4.78, 5) is 0.367. The maximum atomic E-state index is 13.2. The molecule has 0 saturated carbocycles. The Morgan fingerprint density at radius 1 is 0.767 bits per heavy atom. The van der Waals surface area contributed by atoms with Crippen LogP contribution in [0.4, 0.5) is 0 Å². The molecule has 0 spiro atoms. The lowest BCUT2D eigenvalue weighted by Gasteiger charge is -2.17. The molecule has 8 heteroatoms. The molecular weight excluding hydrogens is 442 g/mol. The van der Waals surface area contributed by atoms with Gasteiger partial charge in [-0.1, -0.05) is 54.1 Å². The van der Waals surface area contributed by atoms with Gasteiger partial charge in [-0.25, -0.2) is 16.8 Å². The quantitative estimate of drug-likeness (QED) is 0.569. The van der Waals surface area contributed by atoms with Gasteiger partial charge < -0.3 is 0 Å². The van der Waals surface area contributed by atoms with Crippen molar-refractivity contribution in [1.82, 2.24) is 4.31 Å². The molecule has 0 N–H and O–H groups in total. The van der Waals surface area contributed by atoms with Gasteiger partial charge in [-0.2, -0.15) is 4.31 Å². The molecule has 1 saturated heterocycles. The van der Waals surface area contributed by atoms with Crippen LogP contribution in [0.5, 0.6) is 0 Å². The zero-order valence-electron chi connectivity index (χ0n) is 16.0. The van der Waals surface area contributed by atoms with Crippen molar-refractivity contribution in [3.63, 3.8) is 0 Å². The highest BCUT2D eigenvalue weighted by atomic mass is 35.5. The van der Waals surface area contributed by atoms with E-state index in [0.717, 1.165) is 11.1 Å². The van der Waals surface area contributed by atoms with Crippen LogP contribution in [0.25, 0.3) is 11.1 Å². The third kappa shape index (κ3) is 4.03. The Balaban J connectivity index is 1.59. The minimum Gasteiger partial charge on any atom is -0.223 e. The number of sulfonamides is 1. The van der Waals surface area contributed by atoms with Crippen molar-refractivity contribution >= 4 is 31.5 Å². The van der Waals surface area contributed by atoms with Crippen molar-refractivity contribution in [3.8, 4) is 11.1 Å². The normalized spacial score (nSPS) is 17.8. The lowest BCUT2D eigenvalue weighted by molar-refractivity contribution is 0.476. The molecule has 1 unspecified atom stereocenters. The highest BCUT2D eigenvalue weighted by Gasteiger charge is 2.39. The van der Waals surface area contributed by atoms with Gasteiger partial charge >= 0.3 is 0 Å². The van der Waals surface area contributed by atoms with E-state index in [1.54, 1.807) is 54.6 Å². The molecule has 1 atom stereocenters. The Morgan fingerprint density at radius 2 is 1.43 bits per heavy atom. The Bertz CT molecular complexity index is 1260. The molecule has 1 aliphatic rings. The summed E-state index contributed by atoms with van der Waals surface area (Å²) in [6, 6.07) is 22.0. The van der Waals surface area contributed by atoms with Gasteiger partial charge in [0.2, 0.25) is 10.0 Å². The number of nitrogens with zero attached hydrogens (tertiary/aromatic N) is 1. The first-order valence-corrected chi connectivity index (χ1v) is 12.8. The van der Waals surface area contributed by atoms with E-state index in [4.69, 9.17) is 11.6 Å². The van der Waals surface area contributed by atoms with E-state index in [0.29, 0.717) is 5.02 Å². The van der Waals surface area contributed by atoms with Crippen LogP contribution in [0.1, 0.15) is 6.42 Å². The van der Waals surface area contributed by atoms with Crippen LogP contribution in [0, 0.1) is 0 Å². The van der Waals surface area contributed by atoms with Gasteiger partial charge in [-0.3, -0.25) is 0 Å². The maximum Gasteiger partial charge on any atom is 0.243 e.